The van der Waals surface area contributed by atoms with Gasteiger partial charge in [-0.25, -0.2) is 9.97 Å². The van der Waals surface area contributed by atoms with Crippen LogP contribution in [0.3, 0.4) is 0 Å². The molecule has 0 atom stereocenters. The molecule has 0 spiro atoms. The second-order valence-corrected chi connectivity index (χ2v) is 9.69. The summed E-state index contributed by atoms with van der Waals surface area (Å²) in [6.45, 7) is 0. The monoisotopic (exact) mass is 502 g/mol. The lowest BCUT2D eigenvalue weighted by atomic mass is 10.0. The molecule has 4 aromatic carbocycles. The highest BCUT2D eigenvalue weighted by Crippen LogP contribution is 2.36. The Balaban J connectivity index is 1.43. The molecule has 0 bridgehead atoms. The van der Waals surface area contributed by atoms with Gasteiger partial charge in [0.15, 0.2) is 0 Å². The zero-order chi connectivity index (χ0) is 25.9. The molecule has 0 amide bonds. The molecule has 0 aliphatic rings. The summed E-state index contributed by atoms with van der Waals surface area (Å²) in [5.74, 6) is 1.07. The number of para-hydroxylation sites is 3. The van der Waals surface area contributed by atoms with Gasteiger partial charge in [0.25, 0.3) is 0 Å². The van der Waals surface area contributed by atoms with E-state index in [0.29, 0.717) is 0 Å². The number of hydrogen-bond acceptors (Lipinski definition) is 3. The number of phenols is 1. The number of hydrogen-bond donors (Lipinski definition) is 1. The maximum atomic E-state index is 10.5. The van der Waals surface area contributed by atoms with Gasteiger partial charge in [-0.1, -0.05) is 66.7 Å². The van der Waals surface area contributed by atoms with Gasteiger partial charge in [0.2, 0.25) is 0 Å². The zero-order valence-corrected chi connectivity index (χ0v) is 20.9. The number of pyridine rings is 2. The van der Waals surface area contributed by atoms with E-state index in [4.69, 9.17) is 9.97 Å². The second-order valence-electron chi connectivity index (χ2n) is 9.69. The molecule has 0 aliphatic heterocycles. The molecule has 8 aromatic rings. The summed E-state index contributed by atoms with van der Waals surface area (Å²) < 4.78 is 4.35. The highest BCUT2D eigenvalue weighted by Gasteiger charge is 2.18. The van der Waals surface area contributed by atoms with E-state index in [-0.39, 0.29) is 5.75 Å². The third kappa shape index (κ3) is 3.20. The molecule has 0 fully saturated rings. The normalized spacial score (nSPS) is 11.7. The zero-order valence-electron chi connectivity index (χ0n) is 20.9. The van der Waals surface area contributed by atoms with Crippen molar-refractivity contribution in [2.45, 2.75) is 0 Å². The lowest BCUT2D eigenvalue weighted by molar-refractivity contribution is 0.477. The van der Waals surface area contributed by atoms with Crippen LogP contribution in [0.1, 0.15) is 0 Å². The van der Waals surface area contributed by atoms with Crippen LogP contribution >= 0.6 is 0 Å². The van der Waals surface area contributed by atoms with Gasteiger partial charge in [-0.15, -0.1) is 0 Å². The summed E-state index contributed by atoms with van der Waals surface area (Å²) in [7, 11) is 0. The Bertz CT molecular complexity index is 2150. The summed E-state index contributed by atoms with van der Waals surface area (Å²) >= 11 is 0. The first kappa shape index (κ1) is 21.6. The van der Waals surface area contributed by atoms with Gasteiger partial charge < -0.3 is 5.11 Å². The number of rotatable bonds is 3. The third-order valence-electron chi connectivity index (χ3n) is 7.49. The quantitative estimate of drug-likeness (QED) is 0.266. The van der Waals surface area contributed by atoms with Crippen LogP contribution in [-0.2, 0) is 0 Å². The Hall–Kier alpha value is -5.42. The molecule has 8 rings (SSSR count). The van der Waals surface area contributed by atoms with Crippen molar-refractivity contribution < 1.29 is 5.11 Å². The van der Waals surface area contributed by atoms with Crippen LogP contribution in [0.4, 0.5) is 0 Å². The molecule has 1 N–H and O–H groups in total. The Morgan fingerprint density at radius 1 is 0.538 bits per heavy atom. The van der Waals surface area contributed by atoms with Gasteiger partial charge in [0.1, 0.15) is 22.9 Å². The van der Waals surface area contributed by atoms with Crippen molar-refractivity contribution in [3.63, 3.8) is 0 Å². The van der Waals surface area contributed by atoms with Gasteiger partial charge in [-0.05, 0) is 60.2 Å². The molecule has 4 aromatic heterocycles. The topological polar surface area (TPSA) is 55.9 Å². The molecule has 0 unspecified atom stereocenters. The Kier molecular flexibility index (Phi) is 4.60. The van der Waals surface area contributed by atoms with Crippen LogP contribution in [0.25, 0.3) is 66.5 Å². The first-order chi connectivity index (χ1) is 19.3. The number of aromatic hydroxyl groups is 1. The maximum Gasteiger partial charge on any atom is 0.148 e. The van der Waals surface area contributed by atoms with Gasteiger partial charge in [-0.3, -0.25) is 9.13 Å². The number of benzene rings is 4. The summed E-state index contributed by atoms with van der Waals surface area (Å²) in [5.41, 5.74) is 6.62. The number of fused-ring (bicyclic) bond motifs is 6. The minimum atomic E-state index is 0.260. The van der Waals surface area contributed by atoms with E-state index in [1.54, 1.807) is 6.07 Å². The van der Waals surface area contributed by atoms with Crippen LogP contribution in [0.2, 0.25) is 0 Å². The standard InChI is InChI=1S/C34H22N4O/c39-31-17-6-3-11-24(31)22-9-7-10-23(21-22)37-29-15-4-1-13-26(29)28-18-19-32(36-34(28)37)38-30-16-5-2-12-25(30)27-14-8-20-35-33(27)38/h1-21,39H. The summed E-state index contributed by atoms with van der Waals surface area (Å²) in [4.78, 5) is 10.0. The van der Waals surface area contributed by atoms with Crippen molar-refractivity contribution in [1.29, 1.82) is 0 Å². The third-order valence-corrected chi connectivity index (χ3v) is 7.49. The Labute approximate surface area is 223 Å². The van der Waals surface area contributed by atoms with Gasteiger partial charge in [0.05, 0.1) is 11.0 Å². The number of nitrogens with zero attached hydrogens (tertiary/aromatic N) is 4. The maximum absolute atomic E-state index is 10.5. The van der Waals surface area contributed by atoms with E-state index in [1.807, 2.05) is 42.6 Å². The van der Waals surface area contributed by atoms with Crippen LogP contribution in [0, 0.1) is 0 Å². The van der Waals surface area contributed by atoms with Gasteiger partial charge >= 0.3 is 0 Å². The smallest absolute Gasteiger partial charge is 0.148 e. The van der Waals surface area contributed by atoms with Crippen molar-refractivity contribution >= 4 is 43.9 Å². The predicted molar refractivity (Wildman–Crippen MR) is 158 cm³/mol. The van der Waals surface area contributed by atoms with E-state index >= 15 is 0 Å². The van der Waals surface area contributed by atoms with E-state index in [9.17, 15) is 5.11 Å². The van der Waals surface area contributed by atoms with E-state index in [1.165, 1.54) is 0 Å². The van der Waals surface area contributed by atoms with E-state index in [2.05, 4.69) is 88.0 Å². The summed E-state index contributed by atoms with van der Waals surface area (Å²) in [6.07, 6.45) is 1.83. The molecule has 0 aliphatic carbocycles. The van der Waals surface area contributed by atoms with Crippen molar-refractivity contribution in [1.82, 2.24) is 19.1 Å². The molecule has 184 valence electrons. The van der Waals surface area contributed by atoms with Crippen LogP contribution < -0.4 is 0 Å². The fraction of sp³-hybridized carbons (Fsp3) is 0. The lowest BCUT2D eigenvalue weighted by Gasteiger charge is -2.12. The Morgan fingerprint density at radius 2 is 1.23 bits per heavy atom. The average Bonchev–Trinajstić information content (AvgIpc) is 3.50. The van der Waals surface area contributed by atoms with Crippen molar-refractivity contribution in [2.75, 3.05) is 0 Å². The minimum absolute atomic E-state index is 0.260. The summed E-state index contributed by atoms with van der Waals surface area (Å²) in [5, 5.41) is 15.0. The Morgan fingerprint density at radius 3 is 2.05 bits per heavy atom. The van der Waals surface area contributed by atoms with Gasteiger partial charge in [0, 0.05) is 39.0 Å². The molecule has 0 radical (unpaired) electrons. The van der Waals surface area contributed by atoms with Crippen LogP contribution in [0.5, 0.6) is 5.75 Å². The van der Waals surface area contributed by atoms with E-state index < -0.39 is 0 Å². The first-order valence-corrected chi connectivity index (χ1v) is 12.9. The fourth-order valence-electron chi connectivity index (χ4n) is 5.77. The molecule has 4 heterocycles. The molecule has 5 heteroatoms. The molecule has 0 saturated heterocycles. The van der Waals surface area contributed by atoms with E-state index in [0.717, 1.165) is 66.5 Å². The average molecular weight is 503 g/mol. The molecule has 0 saturated carbocycles. The molecule has 5 nitrogen and oxygen atoms in total. The van der Waals surface area contributed by atoms with Gasteiger partial charge in [-0.2, -0.15) is 0 Å². The lowest BCUT2D eigenvalue weighted by Crippen LogP contribution is -2.01. The second kappa shape index (κ2) is 8.30. The van der Waals surface area contributed by atoms with Crippen LogP contribution in [0.15, 0.2) is 128 Å². The highest BCUT2D eigenvalue weighted by atomic mass is 16.3. The first-order valence-electron chi connectivity index (χ1n) is 12.9. The predicted octanol–water partition coefficient (Wildman–Crippen LogP) is 8.04. The summed E-state index contributed by atoms with van der Waals surface area (Å²) in [6, 6.07) is 40.8. The fourth-order valence-corrected chi connectivity index (χ4v) is 5.77. The SMILES string of the molecule is Oc1ccccc1-c1cccc(-n2c3ccccc3c3ccc(-n4c5ccccc5c5cccnc54)nc32)c1. The number of aromatic nitrogens is 4. The largest absolute Gasteiger partial charge is 0.507 e. The van der Waals surface area contributed by atoms with Crippen molar-refractivity contribution in [3.8, 4) is 28.4 Å². The van der Waals surface area contributed by atoms with Crippen LogP contribution in [-0.4, -0.2) is 24.2 Å². The molecule has 39 heavy (non-hydrogen) atoms. The van der Waals surface area contributed by atoms with Crippen molar-refractivity contribution in [3.05, 3.63) is 128 Å². The minimum Gasteiger partial charge on any atom is -0.507 e. The number of phenolic OH excluding ortho intramolecular Hbond substituents is 1. The molecular weight excluding hydrogens is 480 g/mol. The highest BCUT2D eigenvalue weighted by molar-refractivity contribution is 6.10. The molecular formula is C34H22N4O. The van der Waals surface area contributed by atoms with Crippen molar-refractivity contribution in [2.24, 2.45) is 0 Å².